The number of para-hydroxylation sites is 1. The Kier molecular flexibility index (Phi) is 4.87. The molecule has 2 N–H and O–H groups in total. The average Bonchev–Trinajstić information content (AvgIpc) is 2.46. The first kappa shape index (κ1) is 14.7. The van der Waals surface area contributed by atoms with Crippen LogP contribution in [0.3, 0.4) is 0 Å². The SMILES string of the molecule is CCOCCN(C)c1c(C(N)=S)cnc2ccccc12. The van der Waals surface area contributed by atoms with Gasteiger partial charge in [0.15, 0.2) is 0 Å². The normalized spacial score (nSPS) is 10.7. The third kappa shape index (κ3) is 3.05. The van der Waals surface area contributed by atoms with Gasteiger partial charge in [-0.2, -0.15) is 0 Å². The van der Waals surface area contributed by atoms with Gasteiger partial charge >= 0.3 is 0 Å². The minimum absolute atomic E-state index is 0.363. The molecule has 0 fully saturated rings. The molecular formula is C15H19N3OS. The van der Waals surface area contributed by atoms with Crippen molar-refractivity contribution in [1.82, 2.24) is 4.98 Å². The summed E-state index contributed by atoms with van der Waals surface area (Å²) >= 11 is 5.15. The standard InChI is InChI=1S/C15H19N3OS/c1-3-19-9-8-18(2)14-11-6-4-5-7-13(11)17-10-12(14)15(16)20/h4-7,10H,3,8-9H2,1-2H3,(H2,16,20). The maximum atomic E-state index is 5.83. The number of hydrogen-bond donors (Lipinski definition) is 1. The van der Waals surface area contributed by atoms with Crippen LogP contribution in [0.15, 0.2) is 30.5 Å². The molecule has 0 aliphatic heterocycles. The average molecular weight is 289 g/mol. The van der Waals surface area contributed by atoms with Crippen molar-refractivity contribution in [2.24, 2.45) is 5.73 Å². The predicted octanol–water partition coefficient (Wildman–Crippen LogP) is 2.34. The van der Waals surface area contributed by atoms with Crippen LogP contribution in [0.2, 0.25) is 0 Å². The van der Waals surface area contributed by atoms with Crippen molar-refractivity contribution in [3.05, 3.63) is 36.0 Å². The van der Waals surface area contributed by atoms with E-state index in [4.69, 9.17) is 22.7 Å². The van der Waals surface area contributed by atoms with Crippen LogP contribution in [0.5, 0.6) is 0 Å². The van der Waals surface area contributed by atoms with E-state index in [-0.39, 0.29) is 0 Å². The highest BCUT2D eigenvalue weighted by Crippen LogP contribution is 2.28. The van der Waals surface area contributed by atoms with Gasteiger partial charge in [-0.15, -0.1) is 0 Å². The van der Waals surface area contributed by atoms with Gasteiger partial charge in [-0.3, -0.25) is 4.98 Å². The molecule has 0 atom stereocenters. The highest BCUT2D eigenvalue weighted by Gasteiger charge is 2.14. The summed E-state index contributed by atoms with van der Waals surface area (Å²) < 4.78 is 5.42. The minimum atomic E-state index is 0.363. The van der Waals surface area contributed by atoms with E-state index in [0.29, 0.717) is 18.2 Å². The summed E-state index contributed by atoms with van der Waals surface area (Å²) in [7, 11) is 2.02. The Hall–Kier alpha value is -1.72. The number of fused-ring (bicyclic) bond motifs is 1. The van der Waals surface area contributed by atoms with Gasteiger partial charge in [-0.25, -0.2) is 0 Å². The lowest BCUT2D eigenvalue weighted by molar-refractivity contribution is 0.154. The lowest BCUT2D eigenvalue weighted by Gasteiger charge is -2.23. The van der Waals surface area contributed by atoms with Crippen LogP contribution in [-0.2, 0) is 4.74 Å². The first-order chi connectivity index (χ1) is 9.65. The third-order valence-electron chi connectivity index (χ3n) is 3.17. The van der Waals surface area contributed by atoms with E-state index in [1.165, 1.54) is 0 Å². The molecule has 106 valence electrons. The molecule has 1 aromatic carbocycles. The lowest BCUT2D eigenvalue weighted by Crippen LogP contribution is -2.26. The van der Waals surface area contributed by atoms with Crippen molar-refractivity contribution < 1.29 is 4.74 Å². The van der Waals surface area contributed by atoms with Crippen LogP contribution in [0, 0.1) is 0 Å². The van der Waals surface area contributed by atoms with E-state index < -0.39 is 0 Å². The number of pyridine rings is 1. The maximum absolute atomic E-state index is 5.83. The van der Waals surface area contributed by atoms with Gasteiger partial charge in [-0.1, -0.05) is 30.4 Å². The van der Waals surface area contributed by atoms with Gasteiger partial charge < -0.3 is 15.4 Å². The van der Waals surface area contributed by atoms with Crippen LogP contribution in [0.25, 0.3) is 10.9 Å². The van der Waals surface area contributed by atoms with Gasteiger partial charge in [0.2, 0.25) is 0 Å². The van der Waals surface area contributed by atoms with Crippen LogP contribution in [-0.4, -0.2) is 36.8 Å². The molecule has 2 rings (SSSR count). The van der Waals surface area contributed by atoms with E-state index >= 15 is 0 Å². The number of nitrogens with two attached hydrogens (primary N) is 1. The minimum Gasteiger partial charge on any atom is -0.389 e. The van der Waals surface area contributed by atoms with Crippen molar-refractivity contribution in [3.8, 4) is 0 Å². The number of anilines is 1. The van der Waals surface area contributed by atoms with Crippen molar-refractivity contribution in [1.29, 1.82) is 0 Å². The number of hydrogen-bond acceptors (Lipinski definition) is 4. The first-order valence-corrected chi connectivity index (χ1v) is 7.02. The number of likely N-dealkylation sites (N-methyl/N-ethyl adjacent to an activating group) is 1. The molecule has 0 amide bonds. The number of nitrogens with zero attached hydrogens (tertiary/aromatic N) is 2. The first-order valence-electron chi connectivity index (χ1n) is 6.61. The van der Waals surface area contributed by atoms with E-state index in [1.807, 2.05) is 38.2 Å². The second-order valence-electron chi connectivity index (χ2n) is 4.52. The fraction of sp³-hybridized carbons (Fsp3) is 0.333. The van der Waals surface area contributed by atoms with E-state index in [9.17, 15) is 0 Å². The number of aromatic nitrogens is 1. The molecule has 5 heteroatoms. The summed E-state index contributed by atoms with van der Waals surface area (Å²) in [6.07, 6.45) is 1.75. The largest absolute Gasteiger partial charge is 0.389 e. The highest BCUT2D eigenvalue weighted by molar-refractivity contribution is 7.80. The molecule has 1 heterocycles. The summed E-state index contributed by atoms with van der Waals surface area (Å²) in [5.41, 5.74) is 8.59. The Morgan fingerprint density at radius 3 is 2.85 bits per heavy atom. The molecule has 2 aromatic rings. The Labute approximate surface area is 124 Å². The molecule has 0 saturated heterocycles. The maximum Gasteiger partial charge on any atom is 0.107 e. The van der Waals surface area contributed by atoms with Crippen molar-refractivity contribution in [2.45, 2.75) is 6.92 Å². The van der Waals surface area contributed by atoms with Crippen molar-refractivity contribution >= 4 is 33.8 Å². The van der Waals surface area contributed by atoms with Gasteiger partial charge in [0, 0.05) is 31.8 Å². The monoisotopic (exact) mass is 289 g/mol. The Balaban J connectivity index is 2.46. The van der Waals surface area contributed by atoms with Gasteiger partial charge in [0.05, 0.1) is 23.4 Å². The molecule has 0 bridgehead atoms. The molecular weight excluding hydrogens is 270 g/mol. The van der Waals surface area contributed by atoms with E-state index in [2.05, 4.69) is 9.88 Å². The van der Waals surface area contributed by atoms with Gasteiger partial charge in [0.25, 0.3) is 0 Å². The van der Waals surface area contributed by atoms with E-state index in [0.717, 1.165) is 28.7 Å². The molecule has 0 aliphatic rings. The Bertz CT molecular complexity index is 615. The van der Waals surface area contributed by atoms with Crippen LogP contribution >= 0.6 is 12.2 Å². The number of thiocarbonyl (C=S) groups is 1. The van der Waals surface area contributed by atoms with Crippen molar-refractivity contribution in [3.63, 3.8) is 0 Å². The highest BCUT2D eigenvalue weighted by atomic mass is 32.1. The Morgan fingerprint density at radius 1 is 1.40 bits per heavy atom. The van der Waals surface area contributed by atoms with Crippen LogP contribution in [0.1, 0.15) is 12.5 Å². The smallest absolute Gasteiger partial charge is 0.107 e. The quantitative estimate of drug-likeness (QED) is 0.653. The fourth-order valence-corrected chi connectivity index (χ4v) is 2.33. The Morgan fingerprint density at radius 2 is 2.15 bits per heavy atom. The lowest BCUT2D eigenvalue weighted by atomic mass is 10.1. The number of ether oxygens (including phenoxy) is 1. The second kappa shape index (κ2) is 6.63. The summed E-state index contributed by atoms with van der Waals surface area (Å²) in [6, 6.07) is 7.99. The molecule has 20 heavy (non-hydrogen) atoms. The number of rotatable bonds is 6. The molecule has 0 unspecified atom stereocenters. The number of benzene rings is 1. The molecule has 0 spiro atoms. The summed E-state index contributed by atoms with van der Waals surface area (Å²) in [4.78, 5) is 6.90. The zero-order chi connectivity index (χ0) is 14.5. The molecule has 0 saturated carbocycles. The topological polar surface area (TPSA) is 51.4 Å². The fourth-order valence-electron chi connectivity index (χ4n) is 2.18. The van der Waals surface area contributed by atoms with Crippen molar-refractivity contribution in [2.75, 3.05) is 31.7 Å². The summed E-state index contributed by atoms with van der Waals surface area (Å²) in [5, 5.41) is 1.05. The summed E-state index contributed by atoms with van der Waals surface area (Å²) in [6.45, 7) is 4.15. The third-order valence-corrected chi connectivity index (χ3v) is 3.39. The van der Waals surface area contributed by atoms with Gasteiger partial charge in [-0.05, 0) is 13.0 Å². The van der Waals surface area contributed by atoms with E-state index in [1.54, 1.807) is 6.20 Å². The predicted molar refractivity (Wildman–Crippen MR) is 87.4 cm³/mol. The zero-order valence-electron chi connectivity index (χ0n) is 11.8. The van der Waals surface area contributed by atoms with Crippen LogP contribution < -0.4 is 10.6 Å². The molecule has 1 aromatic heterocycles. The molecule has 0 radical (unpaired) electrons. The zero-order valence-corrected chi connectivity index (χ0v) is 12.6. The summed E-state index contributed by atoms with van der Waals surface area (Å²) in [5.74, 6) is 0. The van der Waals surface area contributed by atoms with Gasteiger partial charge in [0.1, 0.15) is 4.99 Å². The molecule has 4 nitrogen and oxygen atoms in total. The second-order valence-corrected chi connectivity index (χ2v) is 4.96. The molecule has 0 aliphatic carbocycles. The van der Waals surface area contributed by atoms with Crippen LogP contribution in [0.4, 0.5) is 5.69 Å².